The number of ether oxygens (including phenoxy) is 2. The van der Waals surface area contributed by atoms with E-state index < -0.39 is 0 Å². The smallest absolute Gasteiger partial charge is 0.194 e. The zero-order valence-corrected chi connectivity index (χ0v) is 10.0. The Balaban J connectivity index is 2.27. The molecule has 0 aromatic rings. The quantitative estimate of drug-likeness (QED) is 0.704. The molecule has 88 valence electrons. The van der Waals surface area contributed by atoms with Crippen LogP contribution in [0.25, 0.3) is 0 Å². The zero-order valence-electron chi connectivity index (χ0n) is 10.0. The monoisotopic (exact) mass is 238 g/mol. The standard InChI is InChI=1S/C15H10O3/c1-17-13-7-3-5-11(9-13)15(16)12-6-4-8-14(10-12)18-2/h5-6,9-10H,1-2H3. The maximum atomic E-state index is 12.2. The molecule has 0 radical (unpaired) electrons. The summed E-state index contributed by atoms with van der Waals surface area (Å²) in [7, 11) is 3.03. The lowest BCUT2D eigenvalue weighted by atomic mass is 10.00. The van der Waals surface area contributed by atoms with E-state index in [9.17, 15) is 4.79 Å². The fourth-order valence-electron chi connectivity index (χ4n) is 1.46. The average molecular weight is 238 g/mol. The van der Waals surface area contributed by atoms with Crippen LogP contribution in [0.1, 0.15) is 0 Å². The van der Waals surface area contributed by atoms with Crippen LogP contribution in [0.4, 0.5) is 0 Å². The molecule has 0 aromatic carbocycles. The first-order valence-electron chi connectivity index (χ1n) is 5.24. The summed E-state index contributed by atoms with van der Waals surface area (Å²) in [5, 5.41) is 0. The number of allylic oxidation sites excluding steroid dienone is 6. The van der Waals surface area contributed by atoms with Crippen LogP contribution in [-0.2, 0) is 14.3 Å². The summed E-state index contributed by atoms with van der Waals surface area (Å²) in [5.41, 5.74) is 11.9. The second-order valence-electron chi connectivity index (χ2n) is 3.49. The van der Waals surface area contributed by atoms with E-state index in [0.29, 0.717) is 22.7 Å². The molecule has 0 saturated heterocycles. The van der Waals surface area contributed by atoms with Gasteiger partial charge in [-0.3, -0.25) is 4.79 Å². The molecule has 0 atom stereocenters. The highest BCUT2D eigenvalue weighted by Crippen LogP contribution is 2.17. The van der Waals surface area contributed by atoms with Gasteiger partial charge in [0.25, 0.3) is 0 Å². The Morgan fingerprint density at radius 1 is 0.944 bits per heavy atom. The molecule has 2 aliphatic rings. The summed E-state index contributed by atoms with van der Waals surface area (Å²) in [6, 6.07) is 0. The molecule has 0 spiro atoms. The second-order valence-corrected chi connectivity index (χ2v) is 3.49. The lowest BCUT2D eigenvalue weighted by Crippen LogP contribution is -2.06. The third kappa shape index (κ3) is 2.36. The van der Waals surface area contributed by atoms with Crippen LogP contribution in [0.15, 0.2) is 69.9 Å². The molecule has 0 N–H and O–H groups in total. The van der Waals surface area contributed by atoms with Crippen LogP contribution >= 0.6 is 0 Å². The van der Waals surface area contributed by atoms with Gasteiger partial charge in [0.15, 0.2) is 17.3 Å². The van der Waals surface area contributed by atoms with Crippen molar-refractivity contribution in [1.29, 1.82) is 0 Å². The van der Waals surface area contributed by atoms with Crippen molar-refractivity contribution in [2.45, 2.75) is 0 Å². The van der Waals surface area contributed by atoms with Gasteiger partial charge in [0.05, 0.1) is 14.2 Å². The predicted octanol–water partition coefficient (Wildman–Crippen LogP) is 2.12. The number of methoxy groups -OCH3 is 2. The van der Waals surface area contributed by atoms with Gasteiger partial charge >= 0.3 is 0 Å². The van der Waals surface area contributed by atoms with Crippen molar-refractivity contribution in [1.82, 2.24) is 0 Å². The zero-order chi connectivity index (χ0) is 13.0. The SMILES string of the molecule is COC1=C=C=CC(C(=O)C2=CC(OC)=C=C=C2)=C1. The van der Waals surface area contributed by atoms with E-state index in [1.165, 1.54) is 14.2 Å². The largest absolute Gasteiger partial charge is 0.489 e. The fraction of sp³-hybridized carbons (Fsp3) is 0.133. The molecule has 0 aliphatic heterocycles. The van der Waals surface area contributed by atoms with E-state index in [1.54, 1.807) is 24.3 Å². The number of ketones is 1. The van der Waals surface area contributed by atoms with Crippen LogP contribution in [0, 0.1) is 0 Å². The molecule has 0 saturated carbocycles. The van der Waals surface area contributed by atoms with Crippen molar-refractivity contribution in [2.24, 2.45) is 0 Å². The van der Waals surface area contributed by atoms with Crippen molar-refractivity contribution >= 4 is 5.78 Å². The Morgan fingerprint density at radius 2 is 1.39 bits per heavy atom. The van der Waals surface area contributed by atoms with E-state index >= 15 is 0 Å². The van der Waals surface area contributed by atoms with E-state index in [1.807, 2.05) is 0 Å². The van der Waals surface area contributed by atoms with Gasteiger partial charge in [0, 0.05) is 23.3 Å². The molecule has 2 aliphatic carbocycles. The predicted molar refractivity (Wildman–Crippen MR) is 65.4 cm³/mol. The molecule has 0 fully saturated rings. The molecular weight excluding hydrogens is 228 g/mol. The van der Waals surface area contributed by atoms with Crippen LogP contribution in [0.5, 0.6) is 0 Å². The molecule has 3 heteroatoms. The minimum atomic E-state index is -0.151. The fourth-order valence-corrected chi connectivity index (χ4v) is 1.46. The average Bonchev–Trinajstić information content (AvgIpc) is 2.46. The van der Waals surface area contributed by atoms with Crippen LogP contribution in [0.3, 0.4) is 0 Å². The Hall–Kier alpha value is -2.65. The van der Waals surface area contributed by atoms with Gasteiger partial charge in [-0.2, -0.15) is 0 Å². The number of carbonyl (C=O) groups is 1. The van der Waals surface area contributed by atoms with Gasteiger partial charge in [0.1, 0.15) is 0 Å². The summed E-state index contributed by atoms with van der Waals surface area (Å²) < 4.78 is 10.0. The number of carbonyl (C=O) groups excluding carboxylic acids is 1. The Labute approximate surface area is 105 Å². The number of hydrogen-bond donors (Lipinski definition) is 0. The third-order valence-electron chi connectivity index (χ3n) is 2.38. The summed E-state index contributed by atoms with van der Waals surface area (Å²) in [6.07, 6.45) is 6.35. The minimum Gasteiger partial charge on any atom is -0.489 e. The van der Waals surface area contributed by atoms with Crippen LogP contribution < -0.4 is 0 Å². The van der Waals surface area contributed by atoms with E-state index in [2.05, 4.69) is 22.9 Å². The summed E-state index contributed by atoms with van der Waals surface area (Å²) in [6.45, 7) is 0. The Kier molecular flexibility index (Phi) is 3.36. The maximum Gasteiger partial charge on any atom is 0.194 e. The minimum absolute atomic E-state index is 0.151. The highest BCUT2D eigenvalue weighted by molar-refractivity contribution is 6.12. The molecule has 18 heavy (non-hydrogen) atoms. The third-order valence-corrected chi connectivity index (χ3v) is 2.38. The normalized spacial score (nSPS) is 15.7. The number of rotatable bonds is 4. The van der Waals surface area contributed by atoms with Crippen molar-refractivity contribution in [3.05, 3.63) is 69.9 Å². The molecule has 0 amide bonds. The van der Waals surface area contributed by atoms with Gasteiger partial charge in [-0.05, 0) is 23.6 Å². The Bertz CT molecular complexity index is 603. The van der Waals surface area contributed by atoms with Gasteiger partial charge in [0.2, 0.25) is 0 Å². The lowest BCUT2D eigenvalue weighted by Gasteiger charge is -2.06. The first-order chi connectivity index (χ1) is 8.74. The topological polar surface area (TPSA) is 35.5 Å². The first kappa shape index (κ1) is 11.8. The molecule has 0 aromatic heterocycles. The van der Waals surface area contributed by atoms with Gasteiger partial charge < -0.3 is 9.47 Å². The number of hydrogen-bond acceptors (Lipinski definition) is 3. The first-order valence-corrected chi connectivity index (χ1v) is 5.24. The van der Waals surface area contributed by atoms with Crippen LogP contribution in [0.2, 0.25) is 0 Å². The molecule has 0 bridgehead atoms. The van der Waals surface area contributed by atoms with Crippen molar-refractivity contribution < 1.29 is 14.3 Å². The number of Topliss-reactive ketones (excluding diaryl/α,β-unsaturated/α-hetero) is 1. The maximum absolute atomic E-state index is 12.2. The Morgan fingerprint density at radius 3 is 1.78 bits per heavy atom. The highest BCUT2D eigenvalue weighted by atomic mass is 16.5. The molecular formula is C15H10O3. The summed E-state index contributed by atoms with van der Waals surface area (Å²) >= 11 is 0. The second kappa shape index (κ2) is 5.12. The molecule has 2 rings (SSSR count). The van der Waals surface area contributed by atoms with Gasteiger partial charge in [-0.1, -0.05) is 11.5 Å². The van der Waals surface area contributed by atoms with E-state index in [4.69, 9.17) is 9.47 Å². The van der Waals surface area contributed by atoms with Crippen molar-refractivity contribution in [3.8, 4) is 0 Å². The van der Waals surface area contributed by atoms with Gasteiger partial charge in [-0.15, -0.1) is 0 Å². The summed E-state index contributed by atoms with van der Waals surface area (Å²) in [4.78, 5) is 12.2. The van der Waals surface area contributed by atoms with Crippen molar-refractivity contribution in [3.63, 3.8) is 0 Å². The summed E-state index contributed by atoms with van der Waals surface area (Å²) in [5.74, 6) is 0.792. The van der Waals surface area contributed by atoms with Crippen molar-refractivity contribution in [2.75, 3.05) is 14.2 Å². The van der Waals surface area contributed by atoms with E-state index in [0.717, 1.165) is 0 Å². The van der Waals surface area contributed by atoms with Crippen LogP contribution in [-0.4, -0.2) is 20.0 Å². The highest BCUT2D eigenvalue weighted by Gasteiger charge is 2.15. The molecule has 0 unspecified atom stereocenters. The van der Waals surface area contributed by atoms with Gasteiger partial charge in [-0.25, -0.2) is 0 Å². The lowest BCUT2D eigenvalue weighted by molar-refractivity contribution is -0.111. The molecule has 3 nitrogen and oxygen atoms in total. The molecule has 0 heterocycles. The van der Waals surface area contributed by atoms with E-state index in [-0.39, 0.29) is 5.78 Å².